The Hall–Kier alpha value is -1.35. The Morgan fingerprint density at radius 3 is 2.05 bits per heavy atom. The molecule has 0 radical (unpaired) electrons. The first-order valence-corrected chi connectivity index (χ1v) is 7.96. The van der Waals surface area contributed by atoms with Crippen LogP contribution in [0.4, 0.5) is 0 Å². The Labute approximate surface area is 129 Å². The summed E-state index contributed by atoms with van der Waals surface area (Å²) >= 11 is 0. The molecule has 0 unspecified atom stereocenters. The zero-order valence-electron chi connectivity index (χ0n) is 14.1. The molecular formula is C18H30N2O. The minimum absolute atomic E-state index is 0.0922. The zero-order chi connectivity index (χ0) is 16.0. The van der Waals surface area contributed by atoms with Gasteiger partial charge >= 0.3 is 0 Å². The van der Waals surface area contributed by atoms with Gasteiger partial charge in [0.05, 0.1) is 0 Å². The van der Waals surface area contributed by atoms with Gasteiger partial charge in [-0.25, -0.2) is 0 Å². The van der Waals surface area contributed by atoms with Gasteiger partial charge in [0.2, 0.25) is 0 Å². The fourth-order valence-electron chi connectivity index (χ4n) is 2.60. The molecule has 1 amide bonds. The monoisotopic (exact) mass is 290 g/mol. The predicted octanol–water partition coefficient (Wildman–Crippen LogP) is 3.57. The highest BCUT2D eigenvalue weighted by molar-refractivity contribution is 5.94. The van der Waals surface area contributed by atoms with Crippen molar-refractivity contribution < 1.29 is 4.79 Å². The van der Waals surface area contributed by atoms with E-state index in [2.05, 4.69) is 46.8 Å². The van der Waals surface area contributed by atoms with Crippen molar-refractivity contribution in [3.05, 3.63) is 35.4 Å². The van der Waals surface area contributed by atoms with Crippen molar-refractivity contribution in [2.45, 2.75) is 58.9 Å². The van der Waals surface area contributed by atoms with Crippen molar-refractivity contribution in [1.82, 2.24) is 4.90 Å². The first kappa shape index (κ1) is 17.7. The summed E-state index contributed by atoms with van der Waals surface area (Å²) in [4.78, 5) is 14.6. The van der Waals surface area contributed by atoms with Gasteiger partial charge in [-0.2, -0.15) is 0 Å². The molecule has 0 fully saturated rings. The van der Waals surface area contributed by atoms with Crippen LogP contribution < -0.4 is 5.73 Å². The highest BCUT2D eigenvalue weighted by Gasteiger charge is 2.22. The Balaban J connectivity index is 2.98. The lowest BCUT2D eigenvalue weighted by Crippen LogP contribution is -2.42. The third kappa shape index (κ3) is 4.57. The third-order valence-electron chi connectivity index (χ3n) is 4.01. The average Bonchev–Trinajstić information content (AvgIpc) is 2.46. The van der Waals surface area contributed by atoms with Crippen molar-refractivity contribution in [3.8, 4) is 0 Å². The Morgan fingerprint density at radius 2 is 1.67 bits per heavy atom. The largest absolute Gasteiger partial charge is 0.334 e. The molecule has 1 aromatic rings. The summed E-state index contributed by atoms with van der Waals surface area (Å²) in [5.41, 5.74) is 7.78. The predicted molar refractivity (Wildman–Crippen MR) is 89.6 cm³/mol. The summed E-state index contributed by atoms with van der Waals surface area (Å²) in [6.45, 7) is 11.9. The fourth-order valence-corrected chi connectivity index (χ4v) is 2.60. The average molecular weight is 290 g/mol. The van der Waals surface area contributed by atoms with Crippen LogP contribution in [0.25, 0.3) is 0 Å². The second-order valence-corrected chi connectivity index (χ2v) is 6.58. The molecule has 0 atom stereocenters. The van der Waals surface area contributed by atoms with Crippen molar-refractivity contribution in [3.63, 3.8) is 0 Å². The van der Waals surface area contributed by atoms with Crippen LogP contribution in [0.15, 0.2) is 24.3 Å². The molecule has 0 aliphatic rings. The molecule has 1 aromatic carbocycles. The molecule has 0 saturated heterocycles. The second-order valence-electron chi connectivity index (χ2n) is 6.58. The van der Waals surface area contributed by atoms with Crippen molar-refractivity contribution in [2.75, 3.05) is 13.1 Å². The van der Waals surface area contributed by atoms with Crippen molar-refractivity contribution in [2.24, 2.45) is 5.73 Å². The topological polar surface area (TPSA) is 46.3 Å². The van der Waals surface area contributed by atoms with Gasteiger partial charge in [0, 0.05) is 24.7 Å². The molecule has 3 heteroatoms. The molecule has 0 aliphatic heterocycles. The molecule has 21 heavy (non-hydrogen) atoms. The maximum atomic E-state index is 12.7. The van der Waals surface area contributed by atoms with Gasteiger partial charge < -0.3 is 10.6 Å². The first-order chi connectivity index (χ1) is 9.85. The smallest absolute Gasteiger partial charge is 0.254 e. The van der Waals surface area contributed by atoms with Gasteiger partial charge in [-0.3, -0.25) is 4.79 Å². The van der Waals surface area contributed by atoms with E-state index in [9.17, 15) is 4.79 Å². The summed E-state index contributed by atoms with van der Waals surface area (Å²) < 4.78 is 0. The molecule has 3 nitrogen and oxygen atoms in total. The maximum Gasteiger partial charge on any atom is 0.254 e. The summed E-state index contributed by atoms with van der Waals surface area (Å²) in [6, 6.07) is 8.26. The lowest BCUT2D eigenvalue weighted by molar-refractivity contribution is 0.0674. The number of carbonyl (C=O) groups excluding carboxylic acids is 1. The van der Waals surface area contributed by atoms with Crippen molar-refractivity contribution in [1.29, 1.82) is 0 Å². The number of nitrogens with two attached hydrogens (primary N) is 1. The van der Waals surface area contributed by atoms with Crippen LogP contribution >= 0.6 is 0 Å². The zero-order valence-corrected chi connectivity index (χ0v) is 14.1. The number of hydrogen-bond acceptors (Lipinski definition) is 2. The van der Waals surface area contributed by atoms with Gasteiger partial charge in [-0.15, -0.1) is 0 Å². The number of amides is 1. The van der Waals surface area contributed by atoms with Gasteiger partial charge in [0.1, 0.15) is 0 Å². The van der Waals surface area contributed by atoms with E-state index in [0.717, 1.165) is 18.4 Å². The van der Waals surface area contributed by atoms with E-state index in [1.807, 2.05) is 17.0 Å². The molecular weight excluding hydrogens is 260 g/mol. The maximum absolute atomic E-state index is 12.7. The van der Waals surface area contributed by atoms with Gasteiger partial charge in [-0.1, -0.05) is 46.8 Å². The second kappa shape index (κ2) is 7.60. The van der Waals surface area contributed by atoms with Crippen molar-refractivity contribution >= 4 is 5.91 Å². The molecule has 0 aliphatic carbocycles. The van der Waals surface area contributed by atoms with E-state index in [4.69, 9.17) is 5.73 Å². The fraction of sp³-hybridized carbons (Fsp3) is 0.611. The first-order valence-electron chi connectivity index (χ1n) is 7.96. The van der Waals surface area contributed by atoms with E-state index in [-0.39, 0.29) is 17.4 Å². The molecule has 1 rings (SSSR count). The molecule has 118 valence electrons. The van der Waals surface area contributed by atoms with Gasteiger partial charge in [0.25, 0.3) is 5.91 Å². The van der Waals surface area contributed by atoms with Crippen LogP contribution in [0, 0.1) is 0 Å². The highest BCUT2D eigenvalue weighted by Crippen LogP contribution is 2.23. The number of hydrogen-bond donors (Lipinski definition) is 1. The minimum Gasteiger partial charge on any atom is -0.334 e. The number of carbonyl (C=O) groups is 1. The third-order valence-corrected chi connectivity index (χ3v) is 4.01. The number of benzene rings is 1. The lowest BCUT2D eigenvalue weighted by atomic mass is 9.86. The SMILES string of the molecule is CCC(CC)N(CCN)C(=O)c1ccc(C(C)(C)C)cc1. The van der Waals surface area contributed by atoms with Crippen LogP contribution in [-0.2, 0) is 5.41 Å². The standard InChI is InChI=1S/C18H30N2O/c1-6-16(7-2)20(13-12-19)17(21)14-8-10-15(11-9-14)18(3,4)5/h8-11,16H,6-7,12-13,19H2,1-5H3. The summed E-state index contributed by atoms with van der Waals surface area (Å²) in [5, 5.41) is 0. The van der Waals surface area contributed by atoms with E-state index in [1.54, 1.807) is 0 Å². The molecule has 0 saturated carbocycles. The summed E-state index contributed by atoms with van der Waals surface area (Å²) in [6.07, 6.45) is 1.92. The van der Waals surface area contributed by atoms with Gasteiger partial charge in [-0.05, 0) is 36.0 Å². The van der Waals surface area contributed by atoms with Crippen LogP contribution in [-0.4, -0.2) is 29.9 Å². The molecule has 0 bridgehead atoms. The Bertz CT molecular complexity index is 441. The number of nitrogens with zero attached hydrogens (tertiary/aromatic N) is 1. The quantitative estimate of drug-likeness (QED) is 0.870. The molecule has 2 N–H and O–H groups in total. The minimum atomic E-state index is 0.0922. The van der Waals surface area contributed by atoms with Crippen LogP contribution in [0.2, 0.25) is 0 Å². The normalized spacial score (nSPS) is 11.8. The van der Waals surface area contributed by atoms with E-state index < -0.39 is 0 Å². The lowest BCUT2D eigenvalue weighted by Gasteiger charge is -2.30. The molecule has 0 spiro atoms. The number of rotatable bonds is 6. The summed E-state index contributed by atoms with van der Waals surface area (Å²) in [7, 11) is 0. The van der Waals surface area contributed by atoms with Gasteiger partial charge in [0.15, 0.2) is 0 Å². The van der Waals surface area contributed by atoms with E-state index in [0.29, 0.717) is 13.1 Å². The van der Waals surface area contributed by atoms with E-state index in [1.165, 1.54) is 5.56 Å². The molecule has 0 heterocycles. The molecule has 0 aromatic heterocycles. The van der Waals surface area contributed by atoms with Crippen LogP contribution in [0.1, 0.15) is 63.4 Å². The highest BCUT2D eigenvalue weighted by atomic mass is 16.2. The Kier molecular flexibility index (Phi) is 6.41. The van der Waals surface area contributed by atoms with E-state index >= 15 is 0 Å². The van der Waals surface area contributed by atoms with Crippen LogP contribution in [0.5, 0.6) is 0 Å². The Morgan fingerprint density at radius 1 is 1.14 bits per heavy atom. The van der Waals surface area contributed by atoms with Crippen LogP contribution in [0.3, 0.4) is 0 Å². The summed E-state index contributed by atoms with van der Waals surface area (Å²) in [5.74, 6) is 0.0922.